The fraction of sp³-hybridized carbons (Fsp3) is 0.450. The Morgan fingerprint density at radius 1 is 1.08 bits per heavy atom. The van der Waals surface area contributed by atoms with Crippen LogP contribution in [0, 0.1) is 5.92 Å². The summed E-state index contributed by atoms with van der Waals surface area (Å²) in [5.74, 6) is 2.02. The first-order chi connectivity index (χ1) is 11.7. The van der Waals surface area contributed by atoms with Crippen LogP contribution in [-0.4, -0.2) is 25.7 Å². The van der Waals surface area contributed by atoms with Crippen molar-refractivity contribution in [2.24, 2.45) is 5.92 Å². The van der Waals surface area contributed by atoms with Gasteiger partial charge in [0, 0.05) is 6.04 Å². The summed E-state index contributed by atoms with van der Waals surface area (Å²) >= 11 is 0. The minimum Gasteiger partial charge on any atom is -0.497 e. The van der Waals surface area contributed by atoms with Gasteiger partial charge in [0.15, 0.2) is 6.61 Å². The third-order valence-corrected chi connectivity index (χ3v) is 4.85. The summed E-state index contributed by atoms with van der Waals surface area (Å²) < 4.78 is 10.9. The fourth-order valence-corrected chi connectivity index (χ4v) is 3.35. The highest BCUT2D eigenvalue weighted by Crippen LogP contribution is 2.25. The predicted octanol–water partition coefficient (Wildman–Crippen LogP) is 3.92. The molecule has 4 heteroatoms. The summed E-state index contributed by atoms with van der Waals surface area (Å²) in [4.78, 5) is 12.1. The molecule has 1 amide bonds. The molecule has 0 radical (unpaired) electrons. The summed E-state index contributed by atoms with van der Waals surface area (Å²) in [6.45, 7) is 2.26. The van der Waals surface area contributed by atoms with Crippen molar-refractivity contribution in [2.75, 3.05) is 13.7 Å². The number of benzene rings is 2. The van der Waals surface area contributed by atoms with E-state index >= 15 is 0 Å². The zero-order valence-corrected chi connectivity index (χ0v) is 14.4. The molecule has 2 atom stereocenters. The smallest absolute Gasteiger partial charge is 0.258 e. The van der Waals surface area contributed by atoms with Crippen LogP contribution in [0.1, 0.15) is 32.6 Å². The van der Waals surface area contributed by atoms with E-state index in [1.807, 2.05) is 36.4 Å². The molecule has 4 nitrogen and oxygen atoms in total. The number of hydrogen-bond donors (Lipinski definition) is 1. The fourth-order valence-electron chi connectivity index (χ4n) is 3.35. The van der Waals surface area contributed by atoms with Gasteiger partial charge in [0.05, 0.1) is 7.11 Å². The number of methoxy groups -OCH3 is 1. The molecule has 1 fully saturated rings. The summed E-state index contributed by atoms with van der Waals surface area (Å²) in [6.07, 6.45) is 4.73. The number of nitrogens with one attached hydrogen (secondary N) is 1. The summed E-state index contributed by atoms with van der Waals surface area (Å²) in [5.41, 5.74) is 0. The molecule has 0 saturated heterocycles. The number of rotatable bonds is 5. The highest BCUT2D eigenvalue weighted by atomic mass is 16.5. The van der Waals surface area contributed by atoms with E-state index in [2.05, 4.69) is 12.2 Å². The number of hydrogen-bond acceptors (Lipinski definition) is 3. The van der Waals surface area contributed by atoms with Crippen molar-refractivity contribution in [1.82, 2.24) is 5.32 Å². The first-order valence-corrected chi connectivity index (χ1v) is 8.65. The molecular formula is C20H25NO3. The molecule has 1 aliphatic carbocycles. The Morgan fingerprint density at radius 3 is 2.54 bits per heavy atom. The lowest BCUT2D eigenvalue weighted by Crippen LogP contribution is -2.43. The molecular weight excluding hydrogens is 302 g/mol. The van der Waals surface area contributed by atoms with Crippen LogP contribution in [0.3, 0.4) is 0 Å². The van der Waals surface area contributed by atoms with Crippen LogP contribution < -0.4 is 14.8 Å². The van der Waals surface area contributed by atoms with Gasteiger partial charge in [0.1, 0.15) is 11.5 Å². The van der Waals surface area contributed by atoms with E-state index in [0.717, 1.165) is 22.9 Å². The normalized spacial score (nSPS) is 20.6. The molecule has 1 aliphatic rings. The SMILES string of the molecule is COc1ccc2ccc(OCC(=O)N[C@@H]3CCCC[C@H]3C)cc2c1. The molecule has 0 bridgehead atoms. The lowest BCUT2D eigenvalue weighted by Gasteiger charge is -2.29. The van der Waals surface area contributed by atoms with E-state index in [0.29, 0.717) is 11.7 Å². The van der Waals surface area contributed by atoms with Gasteiger partial charge in [0.2, 0.25) is 0 Å². The van der Waals surface area contributed by atoms with Crippen molar-refractivity contribution in [1.29, 1.82) is 0 Å². The van der Waals surface area contributed by atoms with Crippen molar-refractivity contribution in [2.45, 2.75) is 38.6 Å². The maximum absolute atomic E-state index is 12.1. The minimum atomic E-state index is -0.0421. The molecule has 2 aromatic rings. The Kier molecular flexibility index (Phi) is 5.24. The van der Waals surface area contributed by atoms with Gasteiger partial charge in [-0.25, -0.2) is 0 Å². The standard InChI is InChI=1S/C20H25NO3/c1-14-5-3-4-6-19(14)21-20(22)13-24-18-10-8-15-7-9-17(23-2)11-16(15)12-18/h7-12,14,19H,3-6,13H2,1-2H3,(H,21,22)/t14-,19-/m1/s1. The van der Waals surface area contributed by atoms with Crippen LogP contribution in [0.2, 0.25) is 0 Å². The third kappa shape index (κ3) is 3.99. The van der Waals surface area contributed by atoms with Crippen LogP contribution in [0.5, 0.6) is 11.5 Å². The average molecular weight is 327 g/mol. The van der Waals surface area contributed by atoms with Crippen LogP contribution in [0.25, 0.3) is 10.8 Å². The van der Waals surface area contributed by atoms with Gasteiger partial charge in [-0.2, -0.15) is 0 Å². The number of carbonyl (C=O) groups excluding carboxylic acids is 1. The van der Waals surface area contributed by atoms with E-state index in [1.54, 1.807) is 7.11 Å². The molecule has 0 unspecified atom stereocenters. The second kappa shape index (κ2) is 7.56. The molecule has 0 heterocycles. The topological polar surface area (TPSA) is 47.6 Å². The maximum Gasteiger partial charge on any atom is 0.258 e. The molecule has 0 spiro atoms. The summed E-state index contributed by atoms with van der Waals surface area (Å²) in [5, 5.41) is 5.26. The Hall–Kier alpha value is -2.23. The van der Waals surface area contributed by atoms with Crippen LogP contribution in [-0.2, 0) is 4.79 Å². The van der Waals surface area contributed by atoms with Crippen molar-refractivity contribution >= 4 is 16.7 Å². The van der Waals surface area contributed by atoms with Crippen molar-refractivity contribution < 1.29 is 14.3 Å². The second-order valence-corrected chi connectivity index (χ2v) is 6.60. The van der Waals surface area contributed by atoms with E-state index in [9.17, 15) is 4.79 Å². The highest BCUT2D eigenvalue weighted by Gasteiger charge is 2.22. The van der Waals surface area contributed by atoms with Crippen molar-refractivity contribution in [3.8, 4) is 11.5 Å². The summed E-state index contributed by atoms with van der Waals surface area (Å²) in [6, 6.07) is 12.0. The quantitative estimate of drug-likeness (QED) is 0.905. The van der Waals surface area contributed by atoms with E-state index in [-0.39, 0.29) is 18.6 Å². The molecule has 1 N–H and O–H groups in total. The Balaban J connectivity index is 1.59. The van der Waals surface area contributed by atoms with Gasteiger partial charge in [-0.3, -0.25) is 4.79 Å². The van der Waals surface area contributed by atoms with Crippen LogP contribution in [0.15, 0.2) is 36.4 Å². The van der Waals surface area contributed by atoms with Gasteiger partial charge in [-0.1, -0.05) is 31.9 Å². The van der Waals surface area contributed by atoms with Crippen molar-refractivity contribution in [3.05, 3.63) is 36.4 Å². The number of fused-ring (bicyclic) bond motifs is 1. The predicted molar refractivity (Wildman–Crippen MR) is 95.6 cm³/mol. The molecule has 0 aliphatic heterocycles. The van der Waals surface area contributed by atoms with Crippen LogP contribution in [0.4, 0.5) is 0 Å². The Bertz CT molecular complexity index is 713. The highest BCUT2D eigenvalue weighted by molar-refractivity contribution is 5.85. The van der Waals surface area contributed by atoms with Gasteiger partial charge in [-0.05, 0) is 53.8 Å². The molecule has 128 valence electrons. The lowest BCUT2D eigenvalue weighted by molar-refractivity contribution is -0.124. The lowest BCUT2D eigenvalue weighted by atomic mass is 9.86. The summed E-state index contributed by atoms with van der Waals surface area (Å²) in [7, 11) is 1.65. The van der Waals surface area contributed by atoms with E-state index in [4.69, 9.17) is 9.47 Å². The number of ether oxygens (including phenoxy) is 2. The largest absolute Gasteiger partial charge is 0.497 e. The Labute approximate surface area is 143 Å². The second-order valence-electron chi connectivity index (χ2n) is 6.60. The maximum atomic E-state index is 12.1. The van der Waals surface area contributed by atoms with Gasteiger partial charge >= 0.3 is 0 Å². The van der Waals surface area contributed by atoms with Gasteiger partial charge in [0.25, 0.3) is 5.91 Å². The van der Waals surface area contributed by atoms with Gasteiger partial charge in [-0.15, -0.1) is 0 Å². The van der Waals surface area contributed by atoms with E-state index in [1.165, 1.54) is 19.3 Å². The molecule has 1 saturated carbocycles. The first-order valence-electron chi connectivity index (χ1n) is 8.65. The molecule has 0 aromatic heterocycles. The van der Waals surface area contributed by atoms with Crippen LogP contribution >= 0.6 is 0 Å². The number of carbonyl (C=O) groups is 1. The number of amides is 1. The third-order valence-electron chi connectivity index (χ3n) is 4.85. The monoisotopic (exact) mass is 327 g/mol. The molecule has 3 rings (SSSR count). The minimum absolute atomic E-state index is 0.0421. The zero-order valence-electron chi connectivity index (χ0n) is 14.4. The van der Waals surface area contributed by atoms with E-state index < -0.39 is 0 Å². The van der Waals surface area contributed by atoms with Crippen molar-refractivity contribution in [3.63, 3.8) is 0 Å². The molecule has 2 aromatic carbocycles. The van der Waals surface area contributed by atoms with Gasteiger partial charge < -0.3 is 14.8 Å². The zero-order chi connectivity index (χ0) is 16.9. The first kappa shape index (κ1) is 16.6. The Morgan fingerprint density at radius 2 is 1.79 bits per heavy atom. The molecule has 24 heavy (non-hydrogen) atoms. The average Bonchev–Trinajstić information content (AvgIpc) is 2.61.